The van der Waals surface area contributed by atoms with Crippen LogP contribution in [-0.4, -0.2) is 29.9 Å². The Morgan fingerprint density at radius 3 is 2.55 bits per heavy atom. The first-order valence-corrected chi connectivity index (χ1v) is 6.85. The molecule has 3 rings (SSSR count). The van der Waals surface area contributed by atoms with Crippen LogP contribution in [0.5, 0.6) is 0 Å². The quantitative estimate of drug-likeness (QED) is 0.857. The van der Waals surface area contributed by atoms with Crippen LogP contribution in [0.25, 0.3) is 0 Å². The topological polar surface area (TPSA) is 68.3 Å². The van der Waals surface area contributed by atoms with E-state index in [0.29, 0.717) is 22.7 Å². The summed E-state index contributed by atoms with van der Waals surface area (Å²) >= 11 is 0. The highest BCUT2D eigenvalue weighted by atomic mass is 16.5. The van der Waals surface area contributed by atoms with E-state index in [1.165, 1.54) is 13.8 Å². The normalized spacial score (nSPS) is 20.1. The first-order valence-electron chi connectivity index (χ1n) is 6.85. The summed E-state index contributed by atoms with van der Waals surface area (Å²) in [5, 5.41) is 2.70. The Hall–Kier alpha value is -1.75. The number of hydrogen-bond donors (Lipinski definition) is 1. The predicted molar refractivity (Wildman–Crippen MR) is 73.8 cm³/mol. The molecule has 0 bridgehead atoms. The highest BCUT2D eigenvalue weighted by Crippen LogP contribution is 2.55. The third kappa shape index (κ3) is 2.22. The molecule has 2 heterocycles. The number of pyridine rings is 1. The van der Waals surface area contributed by atoms with E-state index in [0.717, 1.165) is 31.6 Å². The minimum absolute atomic E-state index is 0.141. The Morgan fingerprint density at radius 1 is 1.35 bits per heavy atom. The molecule has 2 aliphatic rings. The number of nitrogens with zero attached hydrogens (tertiary/aromatic N) is 1. The Morgan fingerprint density at radius 2 is 2.05 bits per heavy atom. The second-order valence-electron chi connectivity index (χ2n) is 6.00. The molecule has 1 aliphatic carbocycles. The molecule has 1 spiro atoms. The fraction of sp³-hybridized carbons (Fsp3) is 0.533. The number of hydrogen-bond acceptors (Lipinski definition) is 4. The zero-order chi connectivity index (χ0) is 14.3. The van der Waals surface area contributed by atoms with Gasteiger partial charge >= 0.3 is 0 Å². The van der Waals surface area contributed by atoms with Crippen molar-refractivity contribution in [1.29, 1.82) is 0 Å². The van der Waals surface area contributed by atoms with Crippen LogP contribution in [-0.2, 0) is 9.53 Å². The SMILES string of the molecule is CC(=O)Nc1cc(C2CC3(COC3)C2)cnc1C(C)=O. The lowest BCUT2D eigenvalue weighted by Crippen LogP contribution is -2.51. The zero-order valence-corrected chi connectivity index (χ0v) is 11.7. The van der Waals surface area contributed by atoms with Crippen LogP contribution < -0.4 is 5.32 Å². The van der Waals surface area contributed by atoms with Gasteiger partial charge in [0.25, 0.3) is 0 Å². The van der Waals surface area contributed by atoms with Crippen LogP contribution in [0.2, 0.25) is 0 Å². The molecule has 0 unspecified atom stereocenters. The van der Waals surface area contributed by atoms with Crippen molar-refractivity contribution in [2.24, 2.45) is 5.41 Å². The predicted octanol–water partition coefficient (Wildman–Crippen LogP) is 2.14. The van der Waals surface area contributed by atoms with Gasteiger partial charge in [-0.25, -0.2) is 0 Å². The summed E-state index contributed by atoms with van der Waals surface area (Å²) in [4.78, 5) is 27.0. The summed E-state index contributed by atoms with van der Waals surface area (Å²) in [5.41, 5.74) is 2.33. The summed E-state index contributed by atoms with van der Waals surface area (Å²) < 4.78 is 5.27. The van der Waals surface area contributed by atoms with Gasteiger partial charge in [-0.05, 0) is 30.4 Å². The first kappa shape index (κ1) is 13.2. The van der Waals surface area contributed by atoms with Crippen molar-refractivity contribution in [2.45, 2.75) is 32.6 Å². The minimum atomic E-state index is -0.191. The van der Waals surface area contributed by atoms with Gasteiger partial charge in [0.2, 0.25) is 5.91 Å². The Labute approximate surface area is 117 Å². The van der Waals surface area contributed by atoms with Gasteiger partial charge in [-0.15, -0.1) is 0 Å². The third-order valence-corrected chi connectivity index (χ3v) is 4.20. The molecule has 1 aromatic heterocycles. The van der Waals surface area contributed by atoms with Crippen molar-refractivity contribution in [2.75, 3.05) is 18.5 Å². The molecule has 1 amide bonds. The van der Waals surface area contributed by atoms with Gasteiger partial charge < -0.3 is 10.1 Å². The molecule has 1 saturated carbocycles. The molecule has 0 radical (unpaired) electrons. The minimum Gasteiger partial charge on any atom is -0.380 e. The molecular formula is C15H18N2O3. The molecule has 106 valence electrons. The van der Waals surface area contributed by atoms with Gasteiger partial charge in [0.15, 0.2) is 5.78 Å². The zero-order valence-electron chi connectivity index (χ0n) is 11.7. The molecule has 1 aliphatic heterocycles. The van der Waals surface area contributed by atoms with Crippen LogP contribution in [0, 0.1) is 5.41 Å². The lowest BCUT2D eigenvalue weighted by atomic mass is 9.59. The van der Waals surface area contributed by atoms with Gasteiger partial charge in [0.1, 0.15) is 5.69 Å². The fourth-order valence-corrected chi connectivity index (χ4v) is 3.12. The van der Waals surface area contributed by atoms with Crippen LogP contribution in [0.3, 0.4) is 0 Å². The van der Waals surface area contributed by atoms with E-state index < -0.39 is 0 Å². The largest absolute Gasteiger partial charge is 0.380 e. The van der Waals surface area contributed by atoms with E-state index in [1.54, 1.807) is 6.20 Å². The maximum atomic E-state index is 11.5. The summed E-state index contributed by atoms with van der Waals surface area (Å²) in [6.45, 7) is 4.61. The number of nitrogens with one attached hydrogen (secondary N) is 1. The molecule has 2 fully saturated rings. The second-order valence-corrected chi connectivity index (χ2v) is 6.00. The first-order chi connectivity index (χ1) is 9.49. The number of carbonyl (C=O) groups is 2. The van der Waals surface area contributed by atoms with Crippen molar-refractivity contribution in [3.05, 3.63) is 23.5 Å². The van der Waals surface area contributed by atoms with Gasteiger partial charge in [0, 0.05) is 25.5 Å². The number of rotatable bonds is 3. The van der Waals surface area contributed by atoms with Crippen molar-refractivity contribution >= 4 is 17.4 Å². The summed E-state index contributed by atoms with van der Waals surface area (Å²) in [5.74, 6) is 0.126. The van der Waals surface area contributed by atoms with Crippen molar-refractivity contribution in [3.8, 4) is 0 Å². The Bertz CT molecular complexity index is 570. The van der Waals surface area contributed by atoms with E-state index >= 15 is 0 Å². The number of ether oxygens (including phenoxy) is 1. The number of ketones is 1. The molecule has 5 nitrogen and oxygen atoms in total. The van der Waals surface area contributed by atoms with Crippen molar-refractivity contribution in [1.82, 2.24) is 4.98 Å². The van der Waals surface area contributed by atoms with Crippen LogP contribution in [0.15, 0.2) is 12.3 Å². The Balaban J connectivity index is 1.82. The maximum absolute atomic E-state index is 11.5. The van der Waals surface area contributed by atoms with Gasteiger partial charge in [-0.2, -0.15) is 0 Å². The number of carbonyl (C=O) groups excluding carboxylic acids is 2. The lowest BCUT2D eigenvalue weighted by molar-refractivity contribution is -0.164. The highest BCUT2D eigenvalue weighted by Gasteiger charge is 2.50. The van der Waals surface area contributed by atoms with E-state index in [4.69, 9.17) is 4.74 Å². The smallest absolute Gasteiger partial charge is 0.221 e. The fourth-order valence-electron chi connectivity index (χ4n) is 3.12. The van der Waals surface area contributed by atoms with Crippen molar-refractivity contribution < 1.29 is 14.3 Å². The van der Waals surface area contributed by atoms with E-state index in [9.17, 15) is 9.59 Å². The van der Waals surface area contributed by atoms with E-state index in [1.807, 2.05) is 6.07 Å². The molecule has 20 heavy (non-hydrogen) atoms. The molecule has 1 N–H and O–H groups in total. The molecule has 1 saturated heterocycles. The van der Waals surface area contributed by atoms with Crippen LogP contribution >= 0.6 is 0 Å². The molecule has 0 atom stereocenters. The Kier molecular flexibility index (Phi) is 3.09. The number of aromatic nitrogens is 1. The van der Waals surface area contributed by atoms with Gasteiger partial charge in [0.05, 0.1) is 18.9 Å². The van der Waals surface area contributed by atoms with Gasteiger partial charge in [-0.1, -0.05) is 0 Å². The average molecular weight is 274 g/mol. The highest BCUT2D eigenvalue weighted by molar-refractivity contribution is 6.01. The number of anilines is 1. The maximum Gasteiger partial charge on any atom is 0.221 e. The van der Waals surface area contributed by atoms with E-state index in [2.05, 4.69) is 10.3 Å². The van der Waals surface area contributed by atoms with Crippen LogP contribution in [0.1, 0.15) is 48.7 Å². The number of Topliss-reactive ketones (excluding diaryl/α,β-unsaturated/α-hetero) is 1. The van der Waals surface area contributed by atoms with Crippen LogP contribution in [0.4, 0.5) is 5.69 Å². The molecular weight excluding hydrogens is 256 g/mol. The second kappa shape index (κ2) is 4.66. The molecule has 1 aromatic rings. The third-order valence-electron chi connectivity index (χ3n) is 4.20. The summed E-state index contributed by atoms with van der Waals surface area (Å²) in [7, 11) is 0. The van der Waals surface area contributed by atoms with E-state index in [-0.39, 0.29) is 11.7 Å². The number of amides is 1. The monoisotopic (exact) mass is 274 g/mol. The molecule has 5 heteroatoms. The van der Waals surface area contributed by atoms with Crippen molar-refractivity contribution in [3.63, 3.8) is 0 Å². The average Bonchev–Trinajstić information content (AvgIpc) is 2.24. The molecule has 0 aromatic carbocycles. The van der Waals surface area contributed by atoms with Gasteiger partial charge in [-0.3, -0.25) is 14.6 Å². The summed E-state index contributed by atoms with van der Waals surface area (Å²) in [6, 6.07) is 1.89. The lowest BCUT2D eigenvalue weighted by Gasteiger charge is -2.53. The standard InChI is InChI=1S/C15H18N2O3/c1-9(18)14-13(17-10(2)19)3-11(6-16-14)12-4-15(5-12)7-20-8-15/h3,6,12H,4-5,7-8H2,1-2H3,(H,17,19). The summed E-state index contributed by atoms with van der Waals surface area (Å²) in [6.07, 6.45) is 3.97.